The molecule has 132 valence electrons. The maximum absolute atomic E-state index is 14.3. The second-order valence-electron chi connectivity index (χ2n) is 7.29. The minimum absolute atomic E-state index is 0.154. The van der Waals surface area contributed by atoms with E-state index in [-0.39, 0.29) is 11.4 Å². The van der Waals surface area contributed by atoms with Gasteiger partial charge in [0.15, 0.2) is 0 Å². The van der Waals surface area contributed by atoms with Crippen LogP contribution in [-0.4, -0.2) is 12.6 Å². The minimum atomic E-state index is -0.594. The predicted octanol–water partition coefficient (Wildman–Crippen LogP) is 4.13. The highest BCUT2D eigenvalue weighted by molar-refractivity contribution is 5.74. The van der Waals surface area contributed by atoms with Crippen LogP contribution in [0.2, 0.25) is 0 Å². The number of rotatable bonds is 5. The first-order valence-electron chi connectivity index (χ1n) is 8.35. The van der Waals surface area contributed by atoms with Crippen molar-refractivity contribution in [2.75, 3.05) is 6.54 Å². The molecule has 0 bridgehead atoms. The van der Waals surface area contributed by atoms with Crippen molar-refractivity contribution in [3.05, 3.63) is 71.3 Å². The highest BCUT2D eigenvalue weighted by Crippen LogP contribution is 2.64. The van der Waals surface area contributed by atoms with Gasteiger partial charge in [-0.15, -0.1) is 0 Å². The SMILES string of the molecule is CC1(C)CC1(CNC(=O)NCc1ccccc1)c1ccc(F)cc1F. The van der Waals surface area contributed by atoms with Crippen LogP contribution < -0.4 is 10.6 Å². The van der Waals surface area contributed by atoms with Gasteiger partial charge in [0.25, 0.3) is 0 Å². The number of urea groups is 1. The molecular formula is C20H22F2N2O. The average Bonchev–Trinajstić information content (AvgIpc) is 3.14. The highest BCUT2D eigenvalue weighted by atomic mass is 19.1. The monoisotopic (exact) mass is 344 g/mol. The molecule has 0 heterocycles. The zero-order chi connectivity index (χ0) is 18.1. The fraction of sp³-hybridized carbons (Fsp3) is 0.350. The molecule has 1 aliphatic rings. The van der Waals surface area contributed by atoms with E-state index in [0.717, 1.165) is 18.1 Å². The number of carbonyl (C=O) groups excluding carboxylic acids is 1. The first-order chi connectivity index (χ1) is 11.8. The molecule has 3 rings (SSSR count). The zero-order valence-electron chi connectivity index (χ0n) is 14.4. The lowest BCUT2D eigenvalue weighted by molar-refractivity contribution is 0.238. The van der Waals surface area contributed by atoms with Crippen LogP contribution in [0.1, 0.15) is 31.4 Å². The Morgan fingerprint density at radius 1 is 1.08 bits per heavy atom. The summed E-state index contributed by atoms with van der Waals surface area (Å²) in [5, 5.41) is 5.64. The van der Waals surface area contributed by atoms with E-state index in [4.69, 9.17) is 0 Å². The predicted molar refractivity (Wildman–Crippen MR) is 93.1 cm³/mol. The first kappa shape index (κ1) is 17.4. The Hall–Kier alpha value is -2.43. The molecule has 2 aromatic rings. The summed E-state index contributed by atoms with van der Waals surface area (Å²) in [6, 6.07) is 13.0. The van der Waals surface area contributed by atoms with E-state index in [9.17, 15) is 13.6 Å². The molecule has 0 spiro atoms. The lowest BCUT2D eigenvalue weighted by atomic mass is 9.87. The van der Waals surface area contributed by atoms with Gasteiger partial charge in [-0.25, -0.2) is 13.6 Å². The van der Waals surface area contributed by atoms with Gasteiger partial charge < -0.3 is 10.6 Å². The fourth-order valence-electron chi connectivity index (χ4n) is 3.52. The van der Waals surface area contributed by atoms with E-state index >= 15 is 0 Å². The minimum Gasteiger partial charge on any atom is -0.337 e. The van der Waals surface area contributed by atoms with Gasteiger partial charge in [-0.2, -0.15) is 0 Å². The smallest absolute Gasteiger partial charge is 0.315 e. The topological polar surface area (TPSA) is 41.1 Å². The third-order valence-electron chi connectivity index (χ3n) is 5.21. The quantitative estimate of drug-likeness (QED) is 0.841. The molecule has 2 aromatic carbocycles. The summed E-state index contributed by atoms with van der Waals surface area (Å²) in [5.74, 6) is -1.15. The molecule has 1 unspecified atom stereocenters. The molecular weight excluding hydrogens is 322 g/mol. The standard InChI is InChI=1S/C20H22F2N2O/c1-19(2)12-20(19,16-9-8-15(21)10-17(16)22)13-24-18(25)23-11-14-6-4-3-5-7-14/h3-10H,11-13H2,1-2H3,(H2,23,24,25). The second kappa shape index (κ2) is 6.47. The molecule has 2 amide bonds. The van der Waals surface area contributed by atoms with Gasteiger partial charge in [0.2, 0.25) is 0 Å². The maximum atomic E-state index is 14.3. The van der Waals surface area contributed by atoms with E-state index in [2.05, 4.69) is 10.6 Å². The van der Waals surface area contributed by atoms with Gasteiger partial charge in [-0.1, -0.05) is 50.2 Å². The van der Waals surface area contributed by atoms with Gasteiger partial charge >= 0.3 is 6.03 Å². The van der Waals surface area contributed by atoms with Crippen LogP contribution in [0.25, 0.3) is 0 Å². The van der Waals surface area contributed by atoms with E-state index in [0.29, 0.717) is 18.7 Å². The van der Waals surface area contributed by atoms with E-state index in [1.807, 2.05) is 44.2 Å². The van der Waals surface area contributed by atoms with Crippen LogP contribution in [0.4, 0.5) is 13.6 Å². The van der Waals surface area contributed by atoms with Crippen molar-refractivity contribution in [1.82, 2.24) is 10.6 Å². The van der Waals surface area contributed by atoms with Crippen LogP contribution in [0.3, 0.4) is 0 Å². The first-order valence-corrected chi connectivity index (χ1v) is 8.35. The summed E-state index contributed by atoms with van der Waals surface area (Å²) in [4.78, 5) is 12.1. The number of hydrogen-bond acceptors (Lipinski definition) is 1. The van der Waals surface area contributed by atoms with E-state index < -0.39 is 17.0 Å². The van der Waals surface area contributed by atoms with Crippen molar-refractivity contribution < 1.29 is 13.6 Å². The number of hydrogen-bond donors (Lipinski definition) is 2. The Balaban J connectivity index is 1.64. The lowest BCUT2D eigenvalue weighted by Crippen LogP contribution is -2.41. The second-order valence-corrected chi connectivity index (χ2v) is 7.29. The average molecular weight is 344 g/mol. The number of amides is 2. The molecule has 1 fully saturated rings. The molecule has 1 atom stereocenters. The van der Waals surface area contributed by atoms with Crippen LogP contribution in [0, 0.1) is 17.0 Å². The molecule has 1 aliphatic carbocycles. The largest absolute Gasteiger partial charge is 0.337 e. The molecule has 25 heavy (non-hydrogen) atoms. The summed E-state index contributed by atoms with van der Waals surface area (Å²) in [6.07, 6.45) is 0.738. The molecule has 0 radical (unpaired) electrons. The van der Waals surface area contributed by atoms with Crippen LogP contribution in [0.15, 0.2) is 48.5 Å². The molecule has 0 saturated heterocycles. The Bertz CT molecular complexity index is 777. The Morgan fingerprint density at radius 3 is 2.36 bits per heavy atom. The molecule has 2 N–H and O–H groups in total. The van der Waals surface area contributed by atoms with Crippen molar-refractivity contribution >= 4 is 6.03 Å². The Kier molecular flexibility index (Phi) is 4.50. The van der Waals surface area contributed by atoms with Gasteiger partial charge in [-0.3, -0.25) is 0 Å². The number of benzene rings is 2. The van der Waals surface area contributed by atoms with Crippen molar-refractivity contribution in [1.29, 1.82) is 0 Å². The molecule has 3 nitrogen and oxygen atoms in total. The summed E-state index contributed by atoms with van der Waals surface area (Å²) in [5.41, 5.74) is 0.804. The van der Waals surface area contributed by atoms with Crippen LogP contribution in [0.5, 0.6) is 0 Å². The van der Waals surface area contributed by atoms with Crippen LogP contribution >= 0.6 is 0 Å². The van der Waals surface area contributed by atoms with E-state index in [1.54, 1.807) is 0 Å². The van der Waals surface area contributed by atoms with Crippen LogP contribution in [-0.2, 0) is 12.0 Å². The Labute approximate surface area is 146 Å². The van der Waals surface area contributed by atoms with Gasteiger partial charge in [0.05, 0.1) is 0 Å². The normalized spacial score (nSPS) is 20.8. The summed E-state index contributed by atoms with van der Waals surface area (Å²) < 4.78 is 27.5. The fourth-order valence-corrected chi connectivity index (χ4v) is 3.52. The summed E-state index contributed by atoms with van der Waals surface area (Å²) >= 11 is 0. The third kappa shape index (κ3) is 3.50. The molecule has 0 aromatic heterocycles. The summed E-state index contributed by atoms with van der Waals surface area (Å²) in [7, 11) is 0. The van der Waals surface area contributed by atoms with Gasteiger partial charge in [0, 0.05) is 24.6 Å². The van der Waals surface area contributed by atoms with Crippen molar-refractivity contribution in [2.24, 2.45) is 5.41 Å². The number of halogens is 2. The van der Waals surface area contributed by atoms with E-state index in [1.165, 1.54) is 12.1 Å². The van der Waals surface area contributed by atoms with Crippen molar-refractivity contribution in [3.63, 3.8) is 0 Å². The third-order valence-corrected chi connectivity index (χ3v) is 5.21. The Morgan fingerprint density at radius 2 is 1.76 bits per heavy atom. The van der Waals surface area contributed by atoms with Gasteiger partial charge in [-0.05, 0) is 29.0 Å². The number of carbonyl (C=O) groups is 1. The lowest BCUT2D eigenvalue weighted by Gasteiger charge is -2.22. The zero-order valence-corrected chi connectivity index (χ0v) is 14.4. The summed E-state index contributed by atoms with van der Waals surface area (Å²) in [6.45, 7) is 4.79. The highest BCUT2D eigenvalue weighted by Gasteiger charge is 2.62. The van der Waals surface area contributed by atoms with Crippen molar-refractivity contribution in [2.45, 2.75) is 32.2 Å². The molecule has 0 aliphatic heterocycles. The number of nitrogens with one attached hydrogen (secondary N) is 2. The maximum Gasteiger partial charge on any atom is 0.315 e. The molecule has 5 heteroatoms. The van der Waals surface area contributed by atoms with Crippen molar-refractivity contribution in [3.8, 4) is 0 Å². The molecule has 1 saturated carbocycles. The van der Waals surface area contributed by atoms with Gasteiger partial charge in [0.1, 0.15) is 11.6 Å².